The van der Waals surface area contributed by atoms with Crippen LogP contribution < -0.4 is 5.32 Å². The second-order valence-corrected chi connectivity index (χ2v) is 6.54. The van der Waals surface area contributed by atoms with Crippen LogP contribution in [0.15, 0.2) is 24.3 Å². The van der Waals surface area contributed by atoms with Crippen molar-refractivity contribution in [2.45, 2.75) is 12.2 Å². The van der Waals surface area contributed by atoms with Crippen LogP contribution >= 0.6 is 0 Å². The Morgan fingerprint density at radius 3 is 2.77 bits per heavy atom. The summed E-state index contributed by atoms with van der Waals surface area (Å²) in [4.78, 5) is 17.5. The van der Waals surface area contributed by atoms with Crippen molar-refractivity contribution < 1.29 is 22.4 Å². The maximum atomic E-state index is 13.7. The van der Waals surface area contributed by atoms with Crippen LogP contribution in [0, 0.1) is 17.7 Å². The van der Waals surface area contributed by atoms with E-state index in [2.05, 4.69) is 15.4 Å². The zero-order valence-electron chi connectivity index (χ0n) is 13.4. The van der Waals surface area contributed by atoms with E-state index in [0.717, 1.165) is 0 Å². The summed E-state index contributed by atoms with van der Waals surface area (Å²) in [6.07, 6.45) is -4.71. The highest BCUT2D eigenvalue weighted by Crippen LogP contribution is 2.43. The second kappa shape index (κ2) is 6.04. The summed E-state index contributed by atoms with van der Waals surface area (Å²) in [6.45, 7) is 1.70. The summed E-state index contributed by atoms with van der Waals surface area (Å²) < 4.78 is 51.8. The maximum absolute atomic E-state index is 13.7. The SMILES string of the molecule is O=C(c1n[nH]c(C(F)(F)F)n1)N1C[C@@H]2CNC[C@@H]2[C@H]1c1cccc(F)c1. The highest BCUT2D eigenvalue weighted by atomic mass is 19.4. The van der Waals surface area contributed by atoms with Crippen LogP contribution in [0.2, 0.25) is 0 Å². The minimum absolute atomic E-state index is 0.0572. The number of H-pyrrole nitrogens is 1. The number of alkyl halides is 3. The van der Waals surface area contributed by atoms with Gasteiger partial charge in [-0.2, -0.15) is 18.2 Å². The second-order valence-electron chi connectivity index (χ2n) is 6.54. The molecular weight excluding hydrogens is 354 g/mol. The van der Waals surface area contributed by atoms with Crippen LogP contribution in [0.1, 0.15) is 28.0 Å². The van der Waals surface area contributed by atoms with Crippen LogP contribution in [0.25, 0.3) is 0 Å². The number of carbonyl (C=O) groups is 1. The predicted molar refractivity (Wildman–Crippen MR) is 81.4 cm³/mol. The van der Waals surface area contributed by atoms with Crippen molar-refractivity contribution in [2.24, 2.45) is 11.8 Å². The van der Waals surface area contributed by atoms with Gasteiger partial charge in [0.2, 0.25) is 11.6 Å². The third kappa shape index (κ3) is 2.83. The van der Waals surface area contributed by atoms with E-state index in [-0.39, 0.29) is 11.8 Å². The molecule has 2 aromatic rings. The summed E-state index contributed by atoms with van der Waals surface area (Å²) in [5.41, 5.74) is 0.612. The molecule has 2 N–H and O–H groups in total. The van der Waals surface area contributed by atoms with Crippen molar-refractivity contribution in [2.75, 3.05) is 19.6 Å². The van der Waals surface area contributed by atoms with Gasteiger partial charge in [-0.05, 0) is 23.6 Å². The summed E-state index contributed by atoms with van der Waals surface area (Å²) in [6, 6.07) is 5.49. The highest BCUT2D eigenvalue weighted by Gasteiger charge is 2.48. The summed E-state index contributed by atoms with van der Waals surface area (Å²) in [5, 5.41) is 8.43. The largest absolute Gasteiger partial charge is 0.451 e. The molecule has 0 bridgehead atoms. The number of carbonyl (C=O) groups excluding carboxylic acids is 1. The number of amides is 1. The van der Waals surface area contributed by atoms with E-state index in [9.17, 15) is 22.4 Å². The molecular formula is C16H15F4N5O. The van der Waals surface area contributed by atoms with Gasteiger partial charge in [-0.1, -0.05) is 12.1 Å². The van der Waals surface area contributed by atoms with Gasteiger partial charge in [0.1, 0.15) is 5.82 Å². The Morgan fingerprint density at radius 2 is 2.08 bits per heavy atom. The Morgan fingerprint density at radius 1 is 1.27 bits per heavy atom. The third-order valence-corrected chi connectivity index (χ3v) is 4.96. The number of benzene rings is 1. The standard InChI is InChI=1S/C16H15F4N5O/c17-10-3-1-2-8(4-10)12-11-6-21-5-9(11)7-25(12)14(26)13-22-15(24-23-13)16(18,19)20/h1-4,9,11-12,21H,5-7H2,(H,22,23,24)/t9-,11-,12+/m0/s1. The van der Waals surface area contributed by atoms with Gasteiger partial charge in [0.15, 0.2) is 0 Å². The van der Waals surface area contributed by atoms with Crippen LogP contribution in [-0.2, 0) is 6.18 Å². The highest BCUT2D eigenvalue weighted by molar-refractivity contribution is 5.91. The lowest BCUT2D eigenvalue weighted by molar-refractivity contribution is -0.144. The first-order valence-corrected chi connectivity index (χ1v) is 8.11. The molecule has 0 saturated carbocycles. The van der Waals surface area contributed by atoms with Gasteiger partial charge in [-0.25, -0.2) is 4.39 Å². The zero-order chi connectivity index (χ0) is 18.5. The number of aromatic nitrogens is 3. The molecule has 0 radical (unpaired) electrons. The number of nitrogens with one attached hydrogen (secondary N) is 2. The lowest BCUT2D eigenvalue weighted by Gasteiger charge is -2.27. The number of fused-ring (bicyclic) bond motifs is 1. The summed E-state index contributed by atoms with van der Waals surface area (Å²) >= 11 is 0. The lowest BCUT2D eigenvalue weighted by Crippen LogP contribution is -2.35. The Hall–Kier alpha value is -2.49. The first-order valence-electron chi connectivity index (χ1n) is 8.11. The Balaban J connectivity index is 1.67. The minimum atomic E-state index is -4.71. The topological polar surface area (TPSA) is 73.9 Å². The van der Waals surface area contributed by atoms with E-state index < -0.39 is 35.6 Å². The number of likely N-dealkylation sites (tertiary alicyclic amines) is 1. The first kappa shape index (κ1) is 17.0. The molecule has 3 heterocycles. The quantitative estimate of drug-likeness (QED) is 0.794. The van der Waals surface area contributed by atoms with Gasteiger partial charge in [-0.15, -0.1) is 5.10 Å². The Bertz CT molecular complexity index is 836. The van der Waals surface area contributed by atoms with Crippen molar-refractivity contribution in [1.29, 1.82) is 0 Å². The number of aromatic amines is 1. The van der Waals surface area contributed by atoms with E-state index in [0.29, 0.717) is 25.2 Å². The fraction of sp³-hybridized carbons (Fsp3) is 0.438. The molecule has 10 heteroatoms. The Labute approximate surface area is 145 Å². The molecule has 2 saturated heterocycles. The molecule has 4 rings (SSSR count). The first-order chi connectivity index (χ1) is 12.3. The van der Waals surface area contributed by atoms with Gasteiger partial charge in [0, 0.05) is 25.6 Å². The predicted octanol–water partition coefficient (Wildman–Crippen LogP) is 2.00. The molecule has 3 atom stereocenters. The molecule has 0 aliphatic carbocycles. The van der Waals surface area contributed by atoms with Crippen LogP contribution in [0.5, 0.6) is 0 Å². The minimum Gasteiger partial charge on any atom is -0.328 e. The molecule has 6 nitrogen and oxygen atoms in total. The van der Waals surface area contributed by atoms with E-state index in [1.54, 1.807) is 17.2 Å². The zero-order valence-corrected chi connectivity index (χ0v) is 13.4. The summed E-state index contributed by atoms with van der Waals surface area (Å²) in [5.74, 6) is -2.77. The van der Waals surface area contributed by atoms with E-state index in [1.807, 2.05) is 0 Å². The average molecular weight is 369 g/mol. The van der Waals surface area contributed by atoms with Gasteiger partial charge in [-0.3, -0.25) is 9.89 Å². The molecule has 2 aliphatic heterocycles. The van der Waals surface area contributed by atoms with Crippen LogP contribution in [-0.4, -0.2) is 45.6 Å². The molecule has 1 aromatic carbocycles. The normalized spacial score (nSPS) is 25.5. The smallest absolute Gasteiger partial charge is 0.328 e. The van der Waals surface area contributed by atoms with Gasteiger partial charge >= 0.3 is 6.18 Å². The van der Waals surface area contributed by atoms with Crippen molar-refractivity contribution in [3.8, 4) is 0 Å². The number of hydrogen-bond donors (Lipinski definition) is 2. The molecule has 26 heavy (non-hydrogen) atoms. The van der Waals surface area contributed by atoms with Gasteiger partial charge < -0.3 is 10.2 Å². The van der Waals surface area contributed by atoms with E-state index >= 15 is 0 Å². The van der Waals surface area contributed by atoms with E-state index in [4.69, 9.17) is 0 Å². The van der Waals surface area contributed by atoms with Crippen LogP contribution in [0.4, 0.5) is 17.6 Å². The fourth-order valence-electron chi connectivity index (χ4n) is 3.86. The molecule has 2 aliphatic rings. The van der Waals surface area contributed by atoms with Crippen LogP contribution in [0.3, 0.4) is 0 Å². The molecule has 0 spiro atoms. The molecule has 2 fully saturated rings. The number of hydrogen-bond acceptors (Lipinski definition) is 4. The van der Waals surface area contributed by atoms with Crippen molar-refractivity contribution >= 4 is 5.91 Å². The number of nitrogens with zero attached hydrogens (tertiary/aromatic N) is 3. The molecule has 1 amide bonds. The maximum Gasteiger partial charge on any atom is 0.451 e. The fourth-order valence-corrected chi connectivity index (χ4v) is 3.86. The summed E-state index contributed by atoms with van der Waals surface area (Å²) in [7, 11) is 0. The van der Waals surface area contributed by atoms with E-state index in [1.165, 1.54) is 17.0 Å². The lowest BCUT2D eigenvalue weighted by atomic mass is 9.89. The van der Waals surface area contributed by atoms with Gasteiger partial charge in [0.25, 0.3) is 5.91 Å². The van der Waals surface area contributed by atoms with Crippen molar-refractivity contribution in [3.05, 3.63) is 47.3 Å². The number of halogens is 4. The molecule has 138 valence electrons. The third-order valence-electron chi connectivity index (χ3n) is 4.96. The number of rotatable bonds is 2. The molecule has 1 aromatic heterocycles. The molecule has 0 unspecified atom stereocenters. The van der Waals surface area contributed by atoms with Crippen molar-refractivity contribution in [1.82, 2.24) is 25.4 Å². The Kier molecular flexibility index (Phi) is 3.94. The van der Waals surface area contributed by atoms with Gasteiger partial charge in [0.05, 0.1) is 6.04 Å². The average Bonchev–Trinajstić information content (AvgIpc) is 3.28. The monoisotopic (exact) mass is 369 g/mol. The van der Waals surface area contributed by atoms with Crippen molar-refractivity contribution in [3.63, 3.8) is 0 Å².